The number of rotatable bonds is 5. The molecule has 0 bridgehead atoms. The maximum Gasteiger partial charge on any atom is 0.308 e. The highest BCUT2D eigenvalue weighted by atomic mass is 16.4. The summed E-state index contributed by atoms with van der Waals surface area (Å²) in [5.74, 6) is -0.883. The molecule has 2 rings (SSSR count). The Morgan fingerprint density at radius 1 is 1.20 bits per heavy atom. The Labute approximate surface area is 120 Å². The summed E-state index contributed by atoms with van der Waals surface area (Å²) in [6.45, 7) is 3.41. The Bertz CT molecular complexity index is 353. The van der Waals surface area contributed by atoms with Crippen molar-refractivity contribution >= 4 is 11.9 Å². The third-order valence-corrected chi connectivity index (χ3v) is 4.80. The smallest absolute Gasteiger partial charge is 0.308 e. The number of nitrogens with zero attached hydrogens (tertiary/aromatic N) is 1. The molecular formula is C15H26N2O3. The van der Waals surface area contributed by atoms with Gasteiger partial charge >= 0.3 is 5.97 Å². The molecule has 5 nitrogen and oxygen atoms in total. The van der Waals surface area contributed by atoms with Gasteiger partial charge in [0.1, 0.15) is 0 Å². The van der Waals surface area contributed by atoms with E-state index in [4.69, 9.17) is 5.11 Å². The molecule has 0 aromatic heterocycles. The molecule has 0 radical (unpaired) electrons. The van der Waals surface area contributed by atoms with Gasteiger partial charge in [-0.05, 0) is 32.7 Å². The van der Waals surface area contributed by atoms with E-state index in [1.165, 1.54) is 19.3 Å². The zero-order valence-corrected chi connectivity index (χ0v) is 12.3. The van der Waals surface area contributed by atoms with Crippen LogP contribution in [0.4, 0.5) is 0 Å². The van der Waals surface area contributed by atoms with Crippen LogP contribution in [0.1, 0.15) is 51.9 Å². The van der Waals surface area contributed by atoms with Gasteiger partial charge in [-0.15, -0.1) is 0 Å². The number of amides is 1. The highest BCUT2D eigenvalue weighted by molar-refractivity contribution is 5.76. The average molecular weight is 282 g/mol. The Hall–Kier alpha value is -1.10. The Kier molecular flexibility index (Phi) is 5.40. The predicted molar refractivity (Wildman–Crippen MR) is 76.4 cm³/mol. The topological polar surface area (TPSA) is 69.6 Å². The van der Waals surface area contributed by atoms with Crippen molar-refractivity contribution in [3.05, 3.63) is 0 Å². The van der Waals surface area contributed by atoms with Gasteiger partial charge in [0.05, 0.1) is 5.92 Å². The first kappa shape index (κ1) is 15.3. The molecule has 1 heterocycles. The van der Waals surface area contributed by atoms with Crippen molar-refractivity contribution in [2.45, 2.75) is 64.0 Å². The molecule has 5 heteroatoms. The van der Waals surface area contributed by atoms with E-state index in [0.29, 0.717) is 25.4 Å². The van der Waals surface area contributed by atoms with Crippen LogP contribution in [-0.2, 0) is 9.59 Å². The van der Waals surface area contributed by atoms with E-state index in [0.717, 1.165) is 19.4 Å². The predicted octanol–water partition coefficient (Wildman–Crippen LogP) is 1.62. The van der Waals surface area contributed by atoms with Gasteiger partial charge in [-0.1, -0.05) is 19.3 Å². The van der Waals surface area contributed by atoms with Gasteiger partial charge in [-0.3, -0.25) is 14.5 Å². The highest BCUT2D eigenvalue weighted by Crippen LogP contribution is 2.24. The van der Waals surface area contributed by atoms with Crippen LogP contribution in [0.2, 0.25) is 0 Å². The fourth-order valence-corrected chi connectivity index (χ4v) is 3.44. The normalized spacial score (nSPS) is 28.4. The third kappa shape index (κ3) is 3.95. The fourth-order valence-electron chi connectivity index (χ4n) is 3.44. The van der Waals surface area contributed by atoms with Gasteiger partial charge in [0.15, 0.2) is 0 Å². The van der Waals surface area contributed by atoms with Crippen molar-refractivity contribution < 1.29 is 14.7 Å². The van der Waals surface area contributed by atoms with Crippen LogP contribution in [0.3, 0.4) is 0 Å². The molecule has 2 unspecified atom stereocenters. The number of carbonyl (C=O) groups is 2. The number of carbonyl (C=O) groups excluding carboxylic acids is 1. The summed E-state index contributed by atoms with van der Waals surface area (Å²) in [6.07, 6.45) is 7.10. The minimum absolute atomic E-state index is 0.0370. The van der Waals surface area contributed by atoms with Crippen LogP contribution >= 0.6 is 0 Å². The van der Waals surface area contributed by atoms with E-state index in [2.05, 4.69) is 10.2 Å². The largest absolute Gasteiger partial charge is 0.481 e. The van der Waals surface area contributed by atoms with Gasteiger partial charge in [0, 0.05) is 25.0 Å². The summed E-state index contributed by atoms with van der Waals surface area (Å²) >= 11 is 0. The first-order valence-electron chi connectivity index (χ1n) is 7.84. The summed E-state index contributed by atoms with van der Waals surface area (Å²) in [5.41, 5.74) is 0. The summed E-state index contributed by atoms with van der Waals surface area (Å²) in [4.78, 5) is 25.1. The summed E-state index contributed by atoms with van der Waals surface area (Å²) in [5, 5.41) is 12.2. The molecule has 1 amide bonds. The second-order valence-corrected chi connectivity index (χ2v) is 6.16. The number of carboxylic acid groups (broad SMARTS) is 1. The van der Waals surface area contributed by atoms with Crippen molar-refractivity contribution in [3.8, 4) is 0 Å². The van der Waals surface area contributed by atoms with Gasteiger partial charge in [-0.25, -0.2) is 0 Å². The van der Waals surface area contributed by atoms with E-state index >= 15 is 0 Å². The molecule has 1 saturated carbocycles. The standard InChI is InChI=1S/C15H26N2O3/c1-11-13(15(19)20)7-9-17(11)10-8-14(18)16-12-5-3-2-4-6-12/h11-13H,2-10H2,1H3,(H,16,18)(H,19,20). The number of aliphatic carboxylic acids is 1. The summed E-state index contributed by atoms with van der Waals surface area (Å²) in [6, 6.07) is 0.397. The van der Waals surface area contributed by atoms with Crippen molar-refractivity contribution in [3.63, 3.8) is 0 Å². The molecule has 2 fully saturated rings. The summed E-state index contributed by atoms with van der Waals surface area (Å²) in [7, 11) is 0. The number of nitrogens with one attached hydrogen (secondary N) is 1. The minimum atomic E-state index is -0.716. The van der Waals surface area contributed by atoms with Gasteiger partial charge in [0.25, 0.3) is 0 Å². The van der Waals surface area contributed by atoms with Crippen LogP contribution in [0.15, 0.2) is 0 Å². The molecule has 114 valence electrons. The average Bonchev–Trinajstić information content (AvgIpc) is 2.79. The second-order valence-electron chi connectivity index (χ2n) is 6.16. The van der Waals surface area contributed by atoms with Crippen LogP contribution in [0.25, 0.3) is 0 Å². The monoisotopic (exact) mass is 282 g/mol. The first-order valence-corrected chi connectivity index (χ1v) is 7.84. The van der Waals surface area contributed by atoms with Crippen LogP contribution in [0, 0.1) is 5.92 Å². The molecule has 1 aliphatic heterocycles. The zero-order chi connectivity index (χ0) is 14.5. The molecule has 2 atom stereocenters. The fraction of sp³-hybridized carbons (Fsp3) is 0.867. The lowest BCUT2D eigenvalue weighted by molar-refractivity contribution is -0.142. The van der Waals surface area contributed by atoms with E-state index in [1.807, 2.05) is 6.92 Å². The van der Waals surface area contributed by atoms with Crippen LogP contribution in [-0.4, -0.2) is 47.1 Å². The molecule has 0 spiro atoms. The first-order chi connectivity index (χ1) is 9.58. The quantitative estimate of drug-likeness (QED) is 0.804. The van der Waals surface area contributed by atoms with Gasteiger partial charge in [-0.2, -0.15) is 0 Å². The lowest BCUT2D eigenvalue weighted by atomic mass is 9.95. The molecule has 0 aromatic rings. The zero-order valence-electron chi connectivity index (χ0n) is 12.3. The molecule has 20 heavy (non-hydrogen) atoms. The SMILES string of the molecule is CC1C(C(=O)O)CCN1CCC(=O)NC1CCCCC1. The highest BCUT2D eigenvalue weighted by Gasteiger charge is 2.35. The Balaban J connectivity index is 1.69. The number of likely N-dealkylation sites (tertiary alicyclic amines) is 1. The van der Waals surface area contributed by atoms with Crippen molar-refractivity contribution in [2.24, 2.45) is 5.92 Å². The van der Waals surface area contributed by atoms with Gasteiger partial charge in [0.2, 0.25) is 5.91 Å². The second kappa shape index (κ2) is 7.07. The molecule has 2 N–H and O–H groups in total. The van der Waals surface area contributed by atoms with Crippen molar-refractivity contribution in [2.75, 3.05) is 13.1 Å². The number of hydrogen-bond acceptors (Lipinski definition) is 3. The molecule has 1 aliphatic carbocycles. The molecule has 1 saturated heterocycles. The van der Waals surface area contributed by atoms with E-state index in [1.54, 1.807) is 0 Å². The molecule has 0 aromatic carbocycles. The number of hydrogen-bond donors (Lipinski definition) is 2. The Morgan fingerprint density at radius 2 is 1.90 bits per heavy atom. The molecular weight excluding hydrogens is 256 g/mol. The van der Waals surface area contributed by atoms with E-state index in [9.17, 15) is 9.59 Å². The summed E-state index contributed by atoms with van der Waals surface area (Å²) < 4.78 is 0. The maximum atomic E-state index is 11.9. The lowest BCUT2D eigenvalue weighted by Gasteiger charge is -2.25. The Morgan fingerprint density at radius 3 is 2.50 bits per heavy atom. The van der Waals surface area contributed by atoms with Crippen LogP contribution < -0.4 is 5.32 Å². The van der Waals surface area contributed by atoms with E-state index in [-0.39, 0.29) is 17.9 Å². The number of carboxylic acids is 1. The minimum Gasteiger partial charge on any atom is -0.481 e. The van der Waals surface area contributed by atoms with E-state index < -0.39 is 5.97 Å². The van der Waals surface area contributed by atoms with Crippen molar-refractivity contribution in [1.82, 2.24) is 10.2 Å². The van der Waals surface area contributed by atoms with Gasteiger partial charge < -0.3 is 10.4 Å². The third-order valence-electron chi connectivity index (χ3n) is 4.80. The van der Waals surface area contributed by atoms with Crippen LogP contribution in [0.5, 0.6) is 0 Å². The maximum absolute atomic E-state index is 11.9. The van der Waals surface area contributed by atoms with Crippen molar-refractivity contribution in [1.29, 1.82) is 0 Å². The molecule has 2 aliphatic rings. The lowest BCUT2D eigenvalue weighted by Crippen LogP contribution is -2.39.